The zero-order valence-corrected chi connectivity index (χ0v) is 13.7. The molecule has 2 atom stereocenters. The smallest absolute Gasteiger partial charge is 0.191 e. The molecule has 0 aromatic rings. The lowest BCUT2D eigenvalue weighted by molar-refractivity contribution is 0.0618. The van der Waals surface area contributed by atoms with Crippen LogP contribution in [-0.4, -0.2) is 39.3 Å². The largest absolute Gasteiger partial charge is 0.416 e. The average Bonchev–Trinajstić information content (AvgIpc) is 2.69. The van der Waals surface area contributed by atoms with E-state index in [4.69, 9.17) is 14.3 Å². The van der Waals surface area contributed by atoms with Gasteiger partial charge in [0.25, 0.3) is 0 Å². The van der Waals surface area contributed by atoms with Gasteiger partial charge in [0.1, 0.15) is 0 Å². The summed E-state index contributed by atoms with van der Waals surface area (Å²) < 4.78 is 12.0. The van der Waals surface area contributed by atoms with Crippen LogP contribution in [0.1, 0.15) is 40.0 Å². The van der Waals surface area contributed by atoms with E-state index in [2.05, 4.69) is 33.9 Å². The summed E-state index contributed by atoms with van der Waals surface area (Å²) in [4.78, 5) is 0. The second-order valence-corrected chi connectivity index (χ2v) is 11.7. The minimum Gasteiger partial charge on any atom is -0.416 e. The highest BCUT2D eigenvalue weighted by Crippen LogP contribution is 2.37. The third-order valence-corrected chi connectivity index (χ3v) is 8.96. The van der Waals surface area contributed by atoms with Crippen molar-refractivity contribution in [2.24, 2.45) is 5.92 Å². The molecule has 0 amide bonds. The van der Waals surface area contributed by atoms with Crippen LogP contribution in [0.3, 0.4) is 0 Å². The highest BCUT2D eigenvalue weighted by molar-refractivity contribution is 6.74. The first-order valence-electron chi connectivity index (χ1n) is 7.14. The molecule has 0 aromatic heterocycles. The summed E-state index contributed by atoms with van der Waals surface area (Å²) in [6.45, 7) is 13.3. The van der Waals surface area contributed by atoms with Gasteiger partial charge in [-0.3, -0.25) is 0 Å². The Morgan fingerprint density at radius 1 is 1.33 bits per heavy atom. The molecule has 1 aliphatic heterocycles. The quantitative estimate of drug-likeness (QED) is 0.756. The van der Waals surface area contributed by atoms with Crippen LogP contribution >= 0.6 is 0 Å². The molecule has 0 aromatic carbocycles. The maximum atomic E-state index is 8.90. The van der Waals surface area contributed by atoms with Gasteiger partial charge >= 0.3 is 0 Å². The molecule has 1 heterocycles. The molecule has 0 unspecified atom stereocenters. The topological polar surface area (TPSA) is 38.7 Å². The van der Waals surface area contributed by atoms with Crippen molar-refractivity contribution in [1.29, 1.82) is 0 Å². The van der Waals surface area contributed by atoms with Crippen molar-refractivity contribution in [3.8, 4) is 0 Å². The van der Waals surface area contributed by atoms with Gasteiger partial charge in [-0.15, -0.1) is 0 Å². The predicted molar refractivity (Wildman–Crippen MR) is 77.3 cm³/mol. The Hall–Kier alpha value is 0.0969. The normalized spacial score (nSPS) is 25.7. The Labute approximate surface area is 113 Å². The van der Waals surface area contributed by atoms with Crippen molar-refractivity contribution in [2.45, 2.75) is 64.3 Å². The Morgan fingerprint density at radius 2 is 2.00 bits per heavy atom. The molecular formula is C14H30O3Si. The fraction of sp³-hybridized carbons (Fsp3) is 1.00. The molecule has 108 valence electrons. The van der Waals surface area contributed by atoms with Gasteiger partial charge < -0.3 is 14.3 Å². The predicted octanol–water partition coefficient (Wildman–Crippen LogP) is 3.19. The molecule has 18 heavy (non-hydrogen) atoms. The van der Waals surface area contributed by atoms with Crippen molar-refractivity contribution in [3.05, 3.63) is 0 Å². The molecule has 0 radical (unpaired) electrons. The highest BCUT2D eigenvalue weighted by Gasteiger charge is 2.39. The fourth-order valence-corrected chi connectivity index (χ4v) is 3.09. The minimum atomic E-state index is -1.64. The fourth-order valence-electron chi connectivity index (χ4n) is 2.03. The van der Waals surface area contributed by atoms with Gasteiger partial charge in [-0.25, -0.2) is 0 Å². The maximum Gasteiger partial charge on any atom is 0.191 e. The van der Waals surface area contributed by atoms with E-state index >= 15 is 0 Å². The van der Waals surface area contributed by atoms with Crippen LogP contribution in [0.5, 0.6) is 0 Å². The SMILES string of the molecule is CC(C)(C)[Si](C)(C)OC[C@H]1CCO[C@H]1CCCO. The highest BCUT2D eigenvalue weighted by atomic mass is 28.4. The molecule has 1 saturated heterocycles. The zero-order chi connectivity index (χ0) is 13.8. The molecule has 0 spiro atoms. The number of aliphatic hydroxyl groups is 1. The zero-order valence-electron chi connectivity index (χ0n) is 12.7. The monoisotopic (exact) mass is 274 g/mol. The van der Waals surface area contributed by atoms with Crippen LogP contribution < -0.4 is 0 Å². The van der Waals surface area contributed by atoms with Gasteiger partial charge in [0.2, 0.25) is 0 Å². The first kappa shape index (κ1) is 16.2. The Balaban J connectivity index is 2.42. The molecule has 0 aliphatic carbocycles. The third kappa shape index (κ3) is 4.33. The second kappa shape index (κ2) is 6.50. The van der Waals surface area contributed by atoms with Gasteiger partial charge in [-0.2, -0.15) is 0 Å². The van der Waals surface area contributed by atoms with Crippen LogP contribution in [0, 0.1) is 5.92 Å². The number of aliphatic hydroxyl groups excluding tert-OH is 1. The summed E-state index contributed by atoms with van der Waals surface area (Å²) >= 11 is 0. The van der Waals surface area contributed by atoms with Gasteiger partial charge in [-0.05, 0) is 37.4 Å². The molecule has 1 N–H and O–H groups in total. The van der Waals surface area contributed by atoms with Crippen LogP contribution in [0.4, 0.5) is 0 Å². The van der Waals surface area contributed by atoms with E-state index in [9.17, 15) is 0 Å². The summed E-state index contributed by atoms with van der Waals surface area (Å²) in [5, 5.41) is 9.17. The van der Waals surface area contributed by atoms with E-state index in [1.807, 2.05) is 0 Å². The van der Waals surface area contributed by atoms with E-state index < -0.39 is 8.32 Å². The lowest BCUT2D eigenvalue weighted by Crippen LogP contribution is -2.42. The molecule has 3 nitrogen and oxygen atoms in total. The molecule has 4 heteroatoms. The first-order chi connectivity index (χ1) is 8.28. The van der Waals surface area contributed by atoms with Gasteiger partial charge in [0.05, 0.1) is 6.10 Å². The van der Waals surface area contributed by atoms with Crippen molar-refractivity contribution >= 4 is 8.32 Å². The maximum absolute atomic E-state index is 8.90. The molecule has 0 bridgehead atoms. The van der Waals surface area contributed by atoms with Crippen molar-refractivity contribution in [1.82, 2.24) is 0 Å². The summed E-state index contributed by atoms with van der Waals surface area (Å²) in [5.74, 6) is 0.519. The third-order valence-electron chi connectivity index (χ3n) is 4.46. The number of ether oxygens (including phenoxy) is 1. The van der Waals surface area contributed by atoms with E-state index in [1.54, 1.807) is 0 Å². The molecule has 1 fully saturated rings. The van der Waals surface area contributed by atoms with E-state index in [0.29, 0.717) is 12.0 Å². The Bertz CT molecular complexity index is 248. The standard InChI is InChI=1S/C14H30O3Si/c1-14(2,3)18(4,5)17-11-12-8-10-16-13(12)7-6-9-15/h12-13,15H,6-11H2,1-5H3/t12-,13+/m1/s1. The summed E-state index contributed by atoms with van der Waals surface area (Å²) in [7, 11) is -1.64. The Kier molecular flexibility index (Phi) is 5.84. The van der Waals surface area contributed by atoms with E-state index in [0.717, 1.165) is 32.5 Å². The van der Waals surface area contributed by atoms with Crippen LogP contribution in [-0.2, 0) is 9.16 Å². The number of hydrogen-bond donors (Lipinski definition) is 1. The second-order valence-electron chi connectivity index (χ2n) is 6.90. The Morgan fingerprint density at radius 3 is 2.56 bits per heavy atom. The lowest BCUT2D eigenvalue weighted by Gasteiger charge is -2.37. The molecule has 1 aliphatic rings. The first-order valence-corrected chi connectivity index (χ1v) is 10.0. The molecular weight excluding hydrogens is 244 g/mol. The van der Waals surface area contributed by atoms with Crippen LogP contribution in [0.25, 0.3) is 0 Å². The van der Waals surface area contributed by atoms with E-state index in [1.165, 1.54) is 0 Å². The van der Waals surface area contributed by atoms with E-state index in [-0.39, 0.29) is 11.6 Å². The summed E-state index contributed by atoms with van der Waals surface area (Å²) in [6, 6.07) is 0. The van der Waals surface area contributed by atoms with Crippen molar-refractivity contribution < 1.29 is 14.3 Å². The van der Waals surface area contributed by atoms with Crippen LogP contribution in [0.2, 0.25) is 18.1 Å². The number of rotatable bonds is 6. The number of hydrogen-bond acceptors (Lipinski definition) is 3. The van der Waals surface area contributed by atoms with Crippen LogP contribution in [0.15, 0.2) is 0 Å². The van der Waals surface area contributed by atoms with Crippen molar-refractivity contribution in [2.75, 3.05) is 19.8 Å². The summed E-state index contributed by atoms with van der Waals surface area (Å²) in [5.41, 5.74) is 0. The minimum absolute atomic E-state index is 0.260. The summed E-state index contributed by atoms with van der Waals surface area (Å²) in [6.07, 6.45) is 3.19. The van der Waals surface area contributed by atoms with Crippen molar-refractivity contribution in [3.63, 3.8) is 0 Å². The lowest BCUT2D eigenvalue weighted by atomic mass is 9.99. The van der Waals surface area contributed by atoms with Gasteiger partial charge in [-0.1, -0.05) is 20.8 Å². The van der Waals surface area contributed by atoms with Gasteiger partial charge in [0.15, 0.2) is 8.32 Å². The molecule has 1 rings (SSSR count). The average molecular weight is 274 g/mol. The molecule has 0 saturated carbocycles. The van der Waals surface area contributed by atoms with Gasteiger partial charge in [0, 0.05) is 25.7 Å².